The Hall–Kier alpha value is -1.70. The van der Waals surface area contributed by atoms with Crippen LogP contribution in [0.4, 0.5) is 19.0 Å². The van der Waals surface area contributed by atoms with Crippen molar-refractivity contribution in [2.45, 2.75) is 12.9 Å². The van der Waals surface area contributed by atoms with Crippen molar-refractivity contribution < 1.29 is 22.6 Å². The van der Waals surface area contributed by atoms with E-state index in [1.807, 2.05) is 0 Å². The first-order chi connectivity index (χ1) is 7.37. The number of nitrogens with two attached hydrogens (primary N) is 2. The van der Waals surface area contributed by atoms with Crippen LogP contribution in [0.3, 0.4) is 0 Å². The van der Waals surface area contributed by atoms with E-state index in [-0.39, 0.29) is 23.7 Å². The highest BCUT2D eigenvalue weighted by Gasteiger charge is 2.33. The lowest BCUT2D eigenvalue weighted by Gasteiger charge is -2.13. The minimum atomic E-state index is -4.84. The number of alkyl halides is 3. The molecule has 0 saturated carbocycles. The second-order valence-corrected chi connectivity index (χ2v) is 2.79. The van der Waals surface area contributed by atoms with E-state index in [1.54, 1.807) is 0 Å². The van der Waals surface area contributed by atoms with Crippen molar-refractivity contribution in [2.24, 2.45) is 5.73 Å². The van der Waals surface area contributed by atoms with Gasteiger partial charge in [-0.2, -0.15) is 4.98 Å². The van der Waals surface area contributed by atoms with Gasteiger partial charge in [0.2, 0.25) is 5.88 Å². The first kappa shape index (κ1) is 12.4. The van der Waals surface area contributed by atoms with Crippen molar-refractivity contribution >= 4 is 5.82 Å². The topological polar surface area (TPSA) is 83.4 Å². The van der Waals surface area contributed by atoms with Gasteiger partial charge in [-0.1, -0.05) is 0 Å². The molecule has 8 heteroatoms. The Kier molecular flexibility index (Phi) is 3.43. The molecule has 90 valence electrons. The molecule has 0 fully saturated rings. The van der Waals surface area contributed by atoms with Crippen LogP contribution >= 0.6 is 0 Å². The molecule has 0 radical (unpaired) electrons. The van der Waals surface area contributed by atoms with Crippen LogP contribution in [0, 0.1) is 0 Å². The maximum atomic E-state index is 12.0. The molecule has 1 aromatic rings. The summed E-state index contributed by atoms with van der Waals surface area (Å²) in [5, 5.41) is 0. The lowest BCUT2D eigenvalue weighted by molar-refractivity contribution is -0.276. The van der Waals surface area contributed by atoms with Gasteiger partial charge in [-0.05, 0) is 6.07 Å². The molecule has 0 aliphatic rings. The molecule has 0 bridgehead atoms. The lowest BCUT2D eigenvalue weighted by Crippen LogP contribution is -2.20. The number of methoxy groups -OCH3 is 1. The fourth-order valence-corrected chi connectivity index (χ4v) is 1.04. The minimum Gasteiger partial charge on any atom is -0.493 e. The van der Waals surface area contributed by atoms with Crippen LogP contribution in [-0.2, 0) is 6.54 Å². The Labute approximate surface area is 89.1 Å². The van der Waals surface area contributed by atoms with Crippen molar-refractivity contribution in [1.29, 1.82) is 0 Å². The summed E-state index contributed by atoms with van der Waals surface area (Å²) in [5.41, 5.74) is 10.7. The summed E-state index contributed by atoms with van der Waals surface area (Å²) in [6.45, 7) is -0.172. The number of rotatable bonds is 3. The van der Waals surface area contributed by atoms with Crippen LogP contribution < -0.4 is 20.9 Å². The molecule has 1 aromatic heterocycles. The van der Waals surface area contributed by atoms with Gasteiger partial charge in [0.15, 0.2) is 11.6 Å². The molecular weight excluding hydrogens is 227 g/mol. The zero-order chi connectivity index (χ0) is 12.3. The molecule has 0 aromatic carbocycles. The van der Waals surface area contributed by atoms with E-state index in [9.17, 15) is 13.2 Å². The van der Waals surface area contributed by atoms with Crippen LogP contribution in [0.15, 0.2) is 6.07 Å². The average molecular weight is 237 g/mol. The van der Waals surface area contributed by atoms with Crippen LogP contribution in [0.2, 0.25) is 0 Å². The number of hydrogen-bond donors (Lipinski definition) is 2. The number of nitrogen functional groups attached to an aromatic ring is 1. The Morgan fingerprint density at radius 1 is 1.44 bits per heavy atom. The normalized spacial score (nSPS) is 11.3. The van der Waals surface area contributed by atoms with Gasteiger partial charge in [0.25, 0.3) is 0 Å². The fourth-order valence-electron chi connectivity index (χ4n) is 1.04. The maximum absolute atomic E-state index is 12.0. The third kappa shape index (κ3) is 2.89. The first-order valence-electron chi connectivity index (χ1n) is 4.16. The van der Waals surface area contributed by atoms with Crippen molar-refractivity contribution in [3.8, 4) is 11.6 Å². The third-order valence-electron chi connectivity index (χ3n) is 1.71. The third-order valence-corrected chi connectivity index (χ3v) is 1.71. The molecule has 1 heterocycles. The van der Waals surface area contributed by atoms with Gasteiger partial charge in [0.05, 0.1) is 7.11 Å². The smallest absolute Gasteiger partial charge is 0.493 e. The van der Waals surface area contributed by atoms with Gasteiger partial charge < -0.3 is 20.9 Å². The summed E-state index contributed by atoms with van der Waals surface area (Å²) in [6, 6.07) is 1.25. The summed E-state index contributed by atoms with van der Waals surface area (Å²) in [5.74, 6) is -0.706. The van der Waals surface area contributed by atoms with Gasteiger partial charge in [-0.3, -0.25) is 0 Å². The first-order valence-corrected chi connectivity index (χ1v) is 4.16. The molecule has 5 nitrogen and oxygen atoms in total. The van der Waals surface area contributed by atoms with E-state index in [2.05, 4.69) is 9.72 Å². The van der Waals surface area contributed by atoms with Crippen LogP contribution in [-0.4, -0.2) is 18.5 Å². The molecule has 0 unspecified atom stereocenters. The molecular formula is C8H10F3N3O2. The summed E-state index contributed by atoms with van der Waals surface area (Å²) >= 11 is 0. The molecule has 1 rings (SSSR count). The molecule has 0 atom stereocenters. The Bertz CT molecular complexity index is 382. The van der Waals surface area contributed by atoms with Crippen molar-refractivity contribution in [3.05, 3.63) is 11.6 Å². The van der Waals surface area contributed by atoms with E-state index in [0.717, 1.165) is 0 Å². The Balaban J connectivity index is 3.13. The summed E-state index contributed by atoms with van der Waals surface area (Å²) in [7, 11) is 1.32. The predicted octanol–water partition coefficient (Wildman–Crippen LogP) is 1.03. The maximum Gasteiger partial charge on any atom is 0.574 e. The molecule has 16 heavy (non-hydrogen) atoms. The number of anilines is 1. The van der Waals surface area contributed by atoms with E-state index in [1.165, 1.54) is 13.2 Å². The van der Waals surface area contributed by atoms with E-state index >= 15 is 0 Å². The van der Waals surface area contributed by atoms with Gasteiger partial charge in [0.1, 0.15) is 0 Å². The zero-order valence-corrected chi connectivity index (χ0v) is 8.34. The molecule has 0 amide bonds. The second-order valence-electron chi connectivity index (χ2n) is 2.79. The number of hydrogen-bond acceptors (Lipinski definition) is 5. The second kappa shape index (κ2) is 4.44. The van der Waals surface area contributed by atoms with E-state index in [0.29, 0.717) is 0 Å². The average Bonchev–Trinajstić information content (AvgIpc) is 2.16. The number of pyridine rings is 1. The standard InChI is InChI=1S/C8H10F3N3O2/c1-15-5-2-4(3-12)7(14-6(5)13)16-8(9,10)11/h2H,3,12H2,1H3,(H2,13,14). The van der Waals surface area contributed by atoms with Crippen molar-refractivity contribution in [2.75, 3.05) is 12.8 Å². The molecule has 0 aliphatic heterocycles. The lowest BCUT2D eigenvalue weighted by atomic mass is 10.2. The van der Waals surface area contributed by atoms with Gasteiger partial charge >= 0.3 is 6.36 Å². The summed E-state index contributed by atoms with van der Waals surface area (Å²) in [6.07, 6.45) is -4.84. The van der Waals surface area contributed by atoms with Crippen molar-refractivity contribution in [3.63, 3.8) is 0 Å². The number of nitrogens with zero attached hydrogens (tertiary/aromatic N) is 1. The van der Waals surface area contributed by atoms with Crippen LogP contribution in [0.25, 0.3) is 0 Å². The predicted molar refractivity (Wildman–Crippen MR) is 49.8 cm³/mol. The molecule has 4 N–H and O–H groups in total. The van der Waals surface area contributed by atoms with E-state index < -0.39 is 12.2 Å². The van der Waals surface area contributed by atoms with Gasteiger partial charge in [-0.15, -0.1) is 13.2 Å². The molecule has 0 aliphatic carbocycles. The van der Waals surface area contributed by atoms with Gasteiger partial charge in [0, 0.05) is 12.1 Å². The SMILES string of the molecule is COc1cc(CN)c(OC(F)(F)F)nc1N. The highest BCUT2D eigenvalue weighted by molar-refractivity contribution is 5.51. The highest BCUT2D eigenvalue weighted by Crippen LogP contribution is 2.30. The minimum absolute atomic E-state index is 0.0587. The van der Waals surface area contributed by atoms with E-state index in [4.69, 9.17) is 16.2 Å². The van der Waals surface area contributed by atoms with Crippen LogP contribution in [0.1, 0.15) is 5.56 Å². The molecule has 0 spiro atoms. The number of ether oxygens (including phenoxy) is 2. The van der Waals surface area contributed by atoms with Gasteiger partial charge in [-0.25, -0.2) is 0 Å². The quantitative estimate of drug-likeness (QED) is 0.820. The number of aromatic nitrogens is 1. The summed E-state index contributed by atoms with van der Waals surface area (Å²) in [4.78, 5) is 3.43. The molecule has 0 saturated heterocycles. The summed E-state index contributed by atoms with van der Waals surface area (Å²) < 4.78 is 44.5. The fraction of sp³-hybridized carbons (Fsp3) is 0.375. The highest BCUT2D eigenvalue weighted by atomic mass is 19.4. The monoisotopic (exact) mass is 237 g/mol. The van der Waals surface area contributed by atoms with Crippen molar-refractivity contribution in [1.82, 2.24) is 4.98 Å². The Morgan fingerprint density at radius 2 is 2.06 bits per heavy atom. The van der Waals surface area contributed by atoms with Crippen LogP contribution in [0.5, 0.6) is 11.6 Å². The zero-order valence-electron chi connectivity index (χ0n) is 8.34. The number of halogens is 3. The Morgan fingerprint density at radius 3 is 2.50 bits per heavy atom. The largest absolute Gasteiger partial charge is 0.574 e.